The van der Waals surface area contributed by atoms with Gasteiger partial charge in [0.25, 0.3) is 0 Å². The molecule has 636 valence electrons. The van der Waals surface area contributed by atoms with Gasteiger partial charge in [-0.2, -0.15) is 0 Å². The second-order valence-corrected chi connectivity index (χ2v) is 35.7. The van der Waals surface area contributed by atoms with E-state index in [0.29, 0.717) is 25.7 Å². The molecular weight excluding hydrogens is 1390 g/mol. The number of phosphoric ester groups is 2. The number of carbonyl (C=O) groups is 4. The monoisotopic (exact) mass is 1560 g/mol. The highest BCUT2D eigenvalue weighted by atomic mass is 31.2. The Morgan fingerprint density at radius 2 is 0.477 bits per heavy atom. The van der Waals surface area contributed by atoms with Crippen molar-refractivity contribution in [2.24, 2.45) is 17.8 Å². The summed E-state index contributed by atoms with van der Waals surface area (Å²) in [6, 6.07) is 0. The van der Waals surface area contributed by atoms with Crippen molar-refractivity contribution in [3.8, 4) is 0 Å². The number of unbranched alkanes of at least 4 members (excludes halogenated alkanes) is 53. The molecule has 0 heterocycles. The molecule has 17 nitrogen and oxygen atoms in total. The molecule has 6 atom stereocenters. The fourth-order valence-electron chi connectivity index (χ4n) is 13.7. The van der Waals surface area contributed by atoms with Gasteiger partial charge in [-0.05, 0) is 43.4 Å². The summed E-state index contributed by atoms with van der Waals surface area (Å²) in [5.74, 6) is 0.287. The highest BCUT2D eigenvalue weighted by Gasteiger charge is 2.31. The molecule has 0 amide bonds. The fraction of sp³-hybridized carbons (Fsp3) is 0.955. The summed E-state index contributed by atoms with van der Waals surface area (Å²) in [6.07, 6.45) is 69.4. The molecule has 19 heteroatoms. The maximum absolute atomic E-state index is 13.2. The molecule has 107 heavy (non-hydrogen) atoms. The second kappa shape index (κ2) is 78.0. The van der Waals surface area contributed by atoms with E-state index in [9.17, 15) is 43.2 Å². The van der Waals surface area contributed by atoms with Gasteiger partial charge in [-0.15, -0.1) is 0 Å². The van der Waals surface area contributed by atoms with Crippen LogP contribution in [0.15, 0.2) is 0 Å². The number of ether oxygens (including phenoxy) is 4. The standard InChI is InChI=1S/C88H172O17P2/c1-8-10-11-12-13-14-15-16-17-18-19-20-21-22-30-35-42-50-57-64-71-87(92)104-83(75-98-85(90)69-62-55-48-41-34-29-26-24-28-33-40-47-54-61-68-81(7)9-2)77-102-106(94,95)100-73-82(89)74-101-107(96,97)103-78-84(76-99-86(91)70-63-56-49-44-37-39-46-53-60-67-80(5)6)105-88(93)72-65-58-51-43-36-31-25-23-27-32-38-45-52-59-66-79(3)4/h79-84,89H,8-78H2,1-7H3,(H,94,95)(H,96,97)/t81?,82-,83-,84-/m1/s1. The Morgan fingerprint density at radius 3 is 0.710 bits per heavy atom. The highest BCUT2D eigenvalue weighted by molar-refractivity contribution is 7.47. The zero-order valence-corrected chi connectivity index (χ0v) is 72.4. The first-order chi connectivity index (χ1) is 51.8. The summed E-state index contributed by atoms with van der Waals surface area (Å²) >= 11 is 0. The largest absolute Gasteiger partial charge is 0.472 e. The Balaban J connectivity index is 5.26. The third kappa shape index (κ3) is 80.5. The predicted molar refractivity (Wildman–Crippen MR) is 441 cm³/mol. The zero-order valence-electron chi connectivity index (χ0n) is 70.6. The van der Waals surface area contributed by atoms with Gasteiger partial charge in [0.2, 0.25) is 0 Å². The molecule has 0 aliphatic heterocycles. The number of hydrogen-bond acceptors (Lipinski definition) is 15. The molecule has 0 bridgehead atoms. The molecule has 0 fully saturated rings. The molecule has 0 aromatic heterocycles. The average Bonchev–Trinajstić information content (AvgIpc) is 0.911. The number of phosphoric acid groups is 2. The van der Waals surface area contributed by atoms with Crippen molar-refractivity contribution in [2.45, 2.75) is 484 Å². The van der Waals surface area contributed by atoms with E-state index in [1.165, 1.54) is 276 Å². The maximum Gasteiger partial charge on any atom is 0.472 e. The van der Waals surface area contributed by atoms with E-state index in [1.54, 1.807) is 0 Å². The number of rotatable bonds is 86. The van der Waals surface area contributed by atoms with E-state index in [2.05, 4.69) is 48.5 Å². The Morgan fingerprint density at radius 1 is 0.271 bits per heavy atom. The van der Waals surface area contributed by atoms with Crippen LogP contribution in [-0.2, 0) is 65.4 Å². The van der Waals surface area contributed by atoms with Crippen LogP contribution in [0.4, 0.5) is 0 Å². The van der Waals surface area contributed by atoms with Crippen LogP contribution in [0.2, 0.25) is 0 Å². The van der Waals surface area contributed by atoms with Crippen LogP contribution in [0, 0.1) is 17.8 Å². The molecular formula is C88H172O17P2. The lowest BCUT2D eigenvalue weighted by atomic mass is 9.99. The number of aliphatic hydroxyl groups excluding tert-OH is 1. The van der Waals surface area contributed by atoms with Gasteiger partial charge in [0.15, 0.2) is 12.2 Å². The summed E-state index contributed by atoms with van der Waals surface area (Å²) in [5, 5.41) is 10.7. The lowest BCUT2D eigenvalue weighted by molar-refractivity contribution is -0.161. The third-order valence-electron chi connectivity index (χ3n) is 21.0. The first-order valence-electron chi connectivity index (χ1n) is 45.4. The maximum atomic E-state index is 13.2. The van der Waals surface area contributed by atoms with Crippen LogP contribution in [0.3, 0.4) is 0 Å². The van der Waals surface area contributed by atoms with Crippen molar-refractivity contribution in [2.75, 3.05) is 39.6 Å². The summed E-state index contributed by atoms with van der Waals surface area (Å²) in [6.45, 7) is 12.1. The molecule has 0 saturated carbocycles. The van der Waals surface area contributed by atoms with Crippen molar-refractivity contribution < 1.29 is 80.2 Å². The van der Waals surface area contributed by atoms with Gasteiger partial charge < -0.3 is 33.8 Å². The summed E-state index contributed by atoms with van der Waals surface area (Å²) in [4.78, 5) is 73.3. The first-order valence-corrected chi connectivity index (χ1v) is 48.4. The minimum Gasteiger partial charge on any atom is -0.462 e. The van der Waals surface area contributed by atoms with Crippen molar-refractivity contribution in [3.05, 3.63) is 0 Å². The molecule has 0 aliphatic carbocycles. The molecule has 3 unspecified atom stereocenters. The quantitative estimate of drug-likeness (QED) is 0.0222. The van der Waals surface area contributed by atoms with Crippen LogP contribution in [-0.4, -0.2) is 96.7 Å². The Labute approximate surface area is 658 Å². The summed E-state index contributed by atoms with van der Waals surface area (Å²) in [7, 11) is -9.93. The first kappa shape index (κ1) is 105. The van der Waals surface area contributed by atoms with E-state index in [4.69, 9.17) is 37.0 Å². The second-order valence-electron chi connectivity index (χ2n) is 32.8. The topological polar surface area (TPSA) is 237 Å². The van der Waals surface area contributed by atoms with Crippen LogP contribution < -0.4 is 0 Å². The van der Waals surface area contributed by atoms with E-state index in [-0.39, 0.29) is 25.7 Å². The van der Waals surface area contributed by atoms with E-state index >= 15 is 0 Å². The molecule has 3 N–H and O–H groups in total. The van der Waals surface area contributed by atoms with Crippen LogP contribution in [0.5, 0.6) is 0 Å². The zero-order chi connectivity index (χ0) is 78.6. The van der Waals surface area contributed by atoms with Crippen molar-refractivity contribution in [1.29, 1.82) is 0 Å². The number of hydrogen-bond donors (Lipinski definition) is 3. The Bertz CT molecular complexity index is 2060. The molecule has 0 spiro atoms. The number of aliphatic hydroxyl groups is 1. The van der Waals surface area contributed by atoms with Crippen LogP contribution in [0.25, 0.3) is 0 Å². The highest BCUT2D eigenvalue weighted by Crippen LogP contribution is 2.45. The van der Waals surface area contributed by atoms with Crippen molar-refractivity contribution >= 4 is 39.5 Å². The predicted octanol–water partition coefficient (Wildman–Crippen LogP) is 26.9. The van der Waals surface area contributed by atoms with E-state index < -0.39 is 97.5 Å². The van der Waals surface area contributed by atoms with Gasteiger partial charge in [0, 0.05) is 25.7 Å². The van der Waals surface area contributed by atoms with Gasteiger partial charge in [-0.3, -0.25) is 37.3 Å². The molecule has 0 radical (unpaired) electrons. The summed E-state index contributed by atoms with van der Waals surface area (Å²) < 4.78 is 69.0. The van der Waals surface area contributed by atoms with Gasteiger partial charge >= 0.3 is 39.5 Å². The average molecular weight is 1560 g/mol. The van der Waals surface area contributed by atoms with Crippen LogP contribution >= 0.6 is 15.6 Å². The molecule has 0 rings (SSSR count). The smallest absolute Gasteiger partial charge is 0.462 e. The SMILES string of the molecule is CCCCCCCCCCCCCCCCCCCCCCC(=O)O[C@H](COC(=O)CCCCCCCCCCCCCCCCC(C)CC)COP(=O)(O)OC[C@@H](O)COP(=O)(O)OC[C@@H](COC(=O)CCCCCCCCCCCC(C)C)OC(=O)CCCCCCCCCCCCCCCCC(C)C. The summed E-state index contributed by atoms with van der Waals surface area (Å²) in [5.41, 5.74) is 0. The number of carbonyl (C=O) groups excluding carboxylic acids is 4. The molecule has 0 saturated heterocycles. The molecule has 0 aliphatic rings. The Kier molecular flexibility index (Phi) is 76.6. The van der Waals surface area contributed by atoms with Gasteiger partial charge in [0.05, 0.1) is 26.4 Å². The normalized spacial score (nSPS) is 14.1. The minimum atomic E-state index is -4.97. The van der Waals surface area contributed by atoms with Gasteiger partial charge in [-0.25, -0.2) is 9.13 Å². The van der Waals surface area contributed by atoms with Gasteiger partial charge in [-0.1, -0.05) is 414 Å². The van der Waals surface area contributed by atoms with E-state index in [1.807, 2.05) is 0 Å². The van der Waals surface area contributed by atoms with Crippen molar-refractivity contribution in [1.82, 2.24) is 0 Å². The Hall–Kier alpha value is -1.94. The number of esters is 4. The third-order valence-corrected chi connectivity index (χ3v) is 22.9. The molecule has 0 aromatic carbocycles. The lowest BCUT2D eigenvalue weighted by Crippen LogP contribution is -2.30. The fourth-order valence-corrected chi connectivity index (χ4v) is 15.3. The van der Waals surface area contributed by atoms with Crippen LogP contribution in [0.1, 0.15) is 466 Å². The molecule has 0 aromatic rings. The van der Waals surface area contributed by atoms with E-state index in [0.717, 1.165) is 108 Å². The van der Waals surface area contributed by atoms with Gasteiger partial charge in [0.1, 0.15) is 19.3 Å². The minimum absolute atomic E-state index is 0.107. The lowest BCUT2D eigenvalue weighted by Gasteiger charge is -2.21. The van der Waals surface area contributed by atoms with Crippen molar-refractivity contribution in [3.63, 3.8) is 0 Å².